The zero-order valence-electron chi connectivity index (χ0n) is 16.2. The minimum absolute atomic E-state index is 0.0221. The van der Waals surface area contributed by atoms with E-state index >= 15 is 0 Å². The molecule has 0 saturated heterocycles. The van der Waals surface area contributed by atoms with Crippen LogP contribution in [0.4, 0.5) is 0 Å². The molecule has 4 aromatic rings. The van der Waals surface area contributed by atoms with Gasteiger partial charge in [-0.15, -0.1) is 0 Å². The average Bonchev–Trinajstić information content (AvgIpc) is 3.21. The number of benzene rings is 3. The summed E-state index contributed by atoms with van der Waals surface area (Å²) in [4.78, 5) is 16.5. The molecule has 146 valence electrons. The molecule has 5 heteroatoms. The van der Waals surface area contributed by atoms with Crippen molar-refractivity contribution >= 4 is 16.7 Å². The average molecular weight is 386 g/mol. The first-order chi connectivity index (χ1) is 14.2. The van der Waals surface area contributed by atoms with Crippen LogP contribution in [0.1, 0.15) is 11.3 Å². The largest absolute Gasteiger partial charge is 0.484 e. The van der Waals surface area contributed by atoms with E-state index < -0.39 is 0 Å². The Bertz CT molecular complexity index is 1120. The monoisotopic (exact) mass is 386 g/mol. The molecular formula is C24H22N2O3. The van der Waals surface area contributed by atoms with Gasteiger partial charge in [-0.25, -0.2) is 4.98 Å². The highest BCUT2D eigenvalue weighted by Crippen LogP contribution is 2.21. The van der Waals surface area contributed by atoms with Gasteiger partial charge in [0.25, 0.3) is 5.91 Å². The predicted molar refractivity (Wildman–Crippen MR) is 113 cm³/mol. The molecular weight excluding hydrogens is 364 g/mol. The standard InChI is InChI=1S/C24H22N2O3/c1-17-6-8-19(9-7-17)24-26-21(15-29-24)12-13-25-23(27)16-28-22-11-10-18-4-2-3-5-20(18)14-22/h2-11,14-15H,12-13,16H2,1H3,(H,25,27). The topological polar surface area (TPSA) is 64.4 Å². The Kier molecular flexibility index (Phi) is 5.56. The normalized spacial score (nSPS) is 10.8. The Morgan fingerprint density at radius 1 is 1.03 bits per heavy atom. The van der Waals surface area contributed by atoms with E-state index in [4.69, 9.17) is 9.15 Å². The number of oxazole rings is 1. The molecule has 0 radical (unpaired) electrons. The molecule has 4 rings (SSSR count). The van der Waals surface area contributed by atoms with Crippen LogP contribution in [0.2, 0.25) is 0 Å². The quantitative estimate of drug-likeness (QED) is 0.506. The van der Waals surface area contributed by atoms with Crippen molar-refractivity contribution in [1.29, 1.82) is 0 Å². The van der Waals surface area contributed by atoms with Gasteiger partial charge < -0.3 is 14.5 Å². The van der Waals surface area contributed by atoms with Crippen molar-refractivity contribution < 1.29 is 13.9 Å². The second-order valence-corrected chi connectivity index (χ2v) is 6.91. The summed E-state index contributed by atoms with van der Waals surface area (Å²) >= 11 is 0. The fraction of sp³-hybridized carbons (Fsp3) is 0.167. The van der Waals surface area contributed by atoms with Gasteiger partial charge in [-0.3, -0.25) is 4.79 Å². The Morgan fingerprint density at radius 2 is 1.83 bits per heavy atom. The van der Waals surface area contributed by atoms with E-state index in [1.807, 2.05) is 73.7 Å². The first kappa shape index (κ1) is 18.7. The van der Waals surface area contributed by atoms with E-state index in [1.54, 1.807) is 6.26 Å². The summed E-state index contributed by atoms with van der Waals surface area (Å²) in [5.41, 5.74) is 2.93. The maximum Gasteiger partial charge on any atom is 0.257 e. The van der Waals surface area contributed by atoms with Crippen molar-refractivity contribution in [3.05, 3.63) is 84.3 Å². The van der Waals surface area contributed by atoms with E-state index in [0.29, 0.717) is 24.6 Å². The van der Waals surface area contributed by atoms with Crippen LogP contribution in [0, 0.1) is 6.92 Å². The molecule has 0 atom stereocenters. The molecule has 0 spiro atoms. The van der Waals surface area contributed by atoms with Crippen LogP contribution in [0.5, 0.6) is 5.75 Å². The van der Waals surface area contributed by atoms with E-state index in [9.17, 15) is 4.79 Å². The molecule has 0 aliphatic heterocycles. The van der Waals surface area contributed by atoms with Crippen LogP contribution in [-0.2, 0) is 11.2 Å². The van der Waals surface area contributed by atoms with Crippen molar-refractivity contribution in [1.82, 2.24) is 10.3 Å². The molecule has 0 aliphatic carbocycles. The fourth-order valence-electron chi connectivity index (χ4n) is 3.04. The first-order valence-electron chi connectivity index (χ1n) is 9.57. The summed E-state index contributed by atoms with van der Waals surface area (Å²) < 4.78 is 11.1. The van der Waals surface area contributed by atoms with Crippen LogP contribution in [0.15, 0.2) is 77.4 Å². The number of rotatable bonds is 7. The van der Waals surface area contributed by atoms with Crippen LogP contribution >= 0.6 is 0 Å². The Hall–Kier alpha value is -3.60. The lowest BCUT2D eigenvalue weighted by atomic mass is 10.1. The number of nitrogens with one attached hydrogen (secondary N) is 1. The Labute approximate surface area is 169 Å². The summed E-state index contributed by atoms with van der Waals surface area (Å²) in [5, 5.41) is 5.07. The van der Waals surface area contributed by atoms with E-state index in [2.05, 4.69) is 10.3 Å². The zero-order chi connectivity index (χ0) is 20.1. The molecule has 1 N–H and O–H groups in total. The lowest BCUT2D eigenvalue weighted by Gasteiger charge is -2.08. The highest BCUT2D eigenvalue weighted by molar-refractivity contribution is 5.84. The highest BCUT2D eigenvalue weighted by atomic mass is 16.5. The molecule has 0 unspecified atom stereocenters. The summed E-state index contributed by atoms with van der Waals surface area (Å²) in [6.07, 6.45) is 2.23. The van der Waals surface area contributed by atoms with Crippen LogP contribution in [0.25, 0.3) is 22.2 Å². The third-order valence-electron chi connectivity index (χ3n) is 4.64. The molecule has 0 aliphatic rings. The summed E-state index contributed by atoms with van der Waals surface area (Å²) in [6.45, 7) is 2.49. The zero-order valence-corrected chi connectivity index (χ0v) is 16.2. The maximum atomic E-state index is 12.0. The second kappa shape index (κ2) is 8.61. The van der Waals surface area contributed by atoms with Crippen LogP contribution in [-0.4, -0.2) is 24.0 Å². The molecule has 29 heavy (non-hydrogen) atoms. The predicted octanol–water partition coefficient (Wildman–Crippen LogP) is 4.54. The van der Waals surface area contributed by atoms with Gasteiger partial charge in [0.2, 0.25) is 5.89 Å². The summed E-state index contributed by atoms with van der Waals surface area (Å²) in [7, 11) is 0. The van der Waals surface area contributed by atoms with Crippen molar-refractivity contribution in [3.63, 3.8) is 0 Å². The molecule has 5 nitrogen and oxygen atoms in total. The first-order valence-corrected chi connectivity index (χ1v) is 9.57. The van der Waals surface area contributed by atoms with Gasteiger partial charge in [0, 0.05) is 18.5 Å². The lowest BCUT2D eigenvalue weighted by Crippen LogP contribution is -2.30. The number of amides is 1. The van der Waals surface area contributed by atoms with Crippen molar-refractivity contribution in [2.75, 3.05) is 13.2 Å². The molecule has 0 saturated carbocycles. The maximum absolute atomic E-state index is 12.0. The molecule has 3 aromatic carbocycles. The number of nitrogens with zero attached hydrogens (tertiary/aromatic N) is 1. The minimum Gasteiger partial charge on any atom is -0.484 e. The number of hydrogen-bond donors (Lipinski definition) is 1. The highest BCUT2D eigenvalue weighted by Gasteiger charge is 2.08. The van der Waals surface area contributed by atoms with Gasteiger partial charge in [-0.1, -0.05) is 48.0 Å². The fourth-order valence-corrected chi connectivity index (χ4v) is 3.04. The SMILES string of the molecule is Cc1ccc(-c2nc(CCNC(=O)COc3ccc4ccccc4c3)co2)cc1. The third kappa shape index (κ3) is 4.82. The second-order valence-electron chi connectivity index (χ2n) is 6.91. The van der Waals surface area contributed by atoms with Gasteiger partial charge in [0.15, 0.2) is 6.61 Å². The van der Waals surface area contributed by atoms with Gasteiger partial charge in [0.05, 0.1) is 5.69 Å². The Balaban J connectivity index is 1.24. The van der Waals surface area contributed by atoms with Gasteiger partial charge >= 0.3 is 0 Å². The number of carbonyl (C=O) groups excluding carboxylic acids is 1. The van der Waals surface area contributed by atoms with E-state index in [-0.39, 0.29) is 12.5 Å². The summed E-state index contributed by atoms with van der Waals surface area (Å²) in [5.74, 6) is 1.10. The van der Waals surface area contributed by atoms with Gasteiger partial charge in [0.1, 0.15) is 12.0 Å². The van der Waals surface area contributed by atoms with Crippen molar-refractivity contribution in [3.8, 4) is 17.2 Å². The van der Waals surface area contributed by atoms with Crippen molar-refractivity contribution in [2.45, 2.75) is 13.3 Å². The van der Waals surface area contributed by atoms with Gasteiger partial charge in [-0.2, -0.15) is 0 Å². The van der Waals surface area contributed by atoms with Crippen LogP contribution in [0.3, 0.4) is 0 Å². The van der Waals surface area contributed by atoms with Crippen LogP contribution < -0.4 is 10.1 Å². The Morgan fingerprint density at radius 3 is 2.66 bits per heavy atom. The summed E-state index contributed by atoms with van der Waals surface area (Å²) in [6, 6.07) is 21.8. The lowest BCUT2D eigenvalue weighted by molar-refractivity contribution is -0.123. The number of ether oxygens (including phenoxy) is 1. The molecule has 0 bridgehead atoms. The van der Waals surface area contributed by atoms with E-state index in [0.717, 1.165) is 22.0 Å². The van der Waals surface area contributed by atoms with E-state index in [1.165, 1.54) is 5.56 Å². The number of fused-ring (bicyclic) bond motifs is 1. The molecule has 1 amide bonds. The van der Waals surface area contributed by atoms with Gasteiger partial charge in [-0.05, 0) is 42.0 Å². The van der Waals surface area contributed by atoms with Crippen molar-refractivity contribution in [2.24, 2.45) is 0 Å². The smallest absolute Gasteiger partial charge is 0.257 e. The molecule has 1 aromatic heterocycles. The number of hydrogen-bond acceptors (Lipinski definition) is 4. The number of aromatic nitrogens is 1. The minimum atomic E-state index is -0.166. The number of carbonyl (C=O) groups is 1. The molecule has 0 fully saturated rings. The third-order valence-corrected chi connectivity index (χ3v) is 4.64. The number of aryl methyl sites for hydroxylation is 1. The molecule has 1 heterocycles.